The molecule has 5 nitrogen and oxygen atoms in total. The van der Waals surface area contributed by atoms with Crippen LogP contribution in [0.3, 0.4) is 0 Å². The van der Waals surface area contributed by atoms with Crippen molar-refractivity contribution in [1.29, 1.82) is 0 Å². The minimum Gasteiger partial charge on any atom is -0.339 e. The van der Waals surface area contributed by atoms with E-state index < -0.39 is 15.6 Å². The van der Waals surface area contributed by atoms with Gasteiger partial charge in [-0.2, -0.15) is 4.31 Å². The summed E-state index contributed by atoms with van der Waals surface area (Å²) in [6.07, 6.45) is 5.03. The molecular weight excluding hydrogens is 396 g/mol. The molecule has 3 rings (SSSR count). The molecular formula is C21H29ClN2O3S. The molecule has 2 aliphatic rings. The topological polar surface area (TPSA) is 57.7 Å². The molecule has 28 heavy (non-hydrogen) atoms. The number of likely N-dealkylation sites (N-methyl/N-ethyl adjacent to an activating group) is 2. The first-order valence-electron chi connectivity index (χ1n) is 10.0. The number of amides is 1. The van der Waals surface area contributed by atoms with Gasteiger partial charge in [0.05, 0.1) is 10.4 Å². The lowest BCUT2D eigenvalue weighted by atomic mass is 9.75. The summed E-state index contributed by atoms with van der Waals surface area (Å²) in [7, 11) is -2.01. The van der Waals surface area contributed by atoms with Crippen molar-refractivity contribution >= 4 is 32.4 Å². The van der Waals surface area contributed by atoms with Gasteiger partial charge < -0.3 is 4.90 Å². The van der Waals surface area contributed by atoms with Gasteiger partial charge in [-0.05, 0) is 31.4 Å². The van der Waals surface area contributed by atoms with Gasteiger partial charge in [-0.3, -0.25) is 4.79 Å². The highest BCUT2D eigenvalue weighted by Crippen LogP contribution is 2.52. The molecule has 1 fully saturated rings. The van der Waals surface area contributed by atoms with Crippen molar-refractivity contribution in [2.45, 2.75) is 57.9 Å². The Kier molecular flexibility index (Phi) is 6.23. The van der Waals surface area contributed by atoms with Crippen molar-refractivity contribution in [3.63, 3.8) is 0 Å². The van der Waals surface area contributed by atoms with E-state index in [2.05, 4.69) is 0 Å². The van der Waals surface area contributed by atoms with Crippen molar-refractivity contribution in [2.75, 3.05) is 20.1 Å². The van der Waals surface area contributed by atoms with Crippen molar-refractivity contribution < 1.29 is 13.2 Å². The number of carbonyl (C=O) groups is 1. The monoisotopic (exact) mass is 424 g/mol. The van der Waals surface area contributed by atoms with Gasteiger partial charge in [-0.25, -0.2) is 8.42 Å². The molecule has 1 saturated carbocycles. The number of halogens is 1. The molecule has 0 unspecified atom stereocenters. The first kappa shape index (κ1) is 21.3. The summed E-state index contributed by atoms with van der Waals surface area (Å²) >= 11 is 6.43. The smallest absolute Gasteiger partial charge is 0.244 e. The molecule has 0 radical (unpaired) electrons. The first-order chi connectivity index (χ1) is 13.3. The predicted molar refractivity (Wildman–Crippen MR) is 113 cm³/mol. The van der Waals surface area contributed by atoms with Crippen molar-refractivity contribution in [1.82, 2.24) is 9.21 Å². The average molecular weight is 425 g/mol. The van der Waals surface area contributed by atoms with Crippen LogP contribution >= 0.6 is 11.6 Å². The summed E-state index contributed by atoms with van der Waals surface area (Å²) in [5.74, 6) is 0.0337. The third-order valence-electron chi connectivity index (χ3n) is 6.24. The molecule has 0 atom stereocenters. The van der Waals surface area contributed by atoms with E-state index in [1.807, 2.05) is 19.9 Å². The van der Waals surface area contributed by atoms with Crippen LogP contribution in [0.2, 0.25) is 5.02 Å². The summed E-state index contributed by atoms with van der Waals surface area (Å²) in [5.41, 5.74) is 0.799. The van der Waals surface area contributed by atoms with E-state index in [0.29, 0.717) is 35.0 Å². The van der Waals surface area contributed by atoms with Crippen LogP contribution in [0.15, 0.2) is 29.8 Å². The van der Waals surface area contributed by atoms with Crippen LogP contribution in [0, 0.1) is 0 Å². The van der Waals surface area contributed by atoms with E-state index >= 15 is 0 Å². The lowest BCUT2D eigenvalue weighted by Crippen LogP contribution is -2.49. The zero-order valence-corrected chi connectivity index (χ0v) is 18.4. The maximum Gasteiger partial charge on any atom is 0.244 e. The predicted octanol–water partition coefficient (Wildman–Crippen LogP) is 4.29. The summed E-state index contributed by atoms with van der Waals surface area (Å²) in [5, 5.41) is 0.421. The second-order valence-corrected chi connectivity index (χ2v) is 9.93. The fourth-order valence-electron chi connectivity index (χ4n) is 4.63. The minimum atomic E-state index is -3.69. The maximum absolute atomic E-state index is 13.5. The molecule has 1 spiro atoms. The quantitative estimate of drug-likeness (QED) is 0.708. The Morgan fingerprint density at radius 1 is 1.18 bits per heavy atom. The lowest BCUT2D eigenvalue weighted by Gasteiger charge is -2.41. The highest BCUT2D eigenvalue weighted by molar-refractivity contribution is 7.98. The van der Waals surface area contributed by atoms with Crippen LogP contribution < -0.4 is 0 Å². The number of nitrogens with zero attached hydrogens (tertiary/aromatic N) is 2. The van der Waals surface area contributed by atoms with Crippen LogP contribution in [0.5, 0.6) is 0 Å². The molecule has 1 aromatic carbocycles. The fourth-order valence-corrected chi connectivity index (χ4v) is 6.97. The van der Waals surface area contributed by atoms with E-state index in [1.54, 1.807) is 34.5 Å². The van der Waals surface area contributed by atoms with Crippen molar-refractivity contribution in [3.8, 4) is 0 Å². The van der Waals surface area contributed by atoms with Crippen LogP contribution in [-0.4, -0.2) is 49.2 Å². The van der Waals surface area contributed by atoms with E-state index in [4.69, 9.17) is 11.6 Å². The van der Waals surface area contributed by atoms with Crippen LogP contribution in [0.4, 0.5) is 0 Å². The Morgan fingerprint density at radius 2 is 1.82 bits per heavy atom. The Bertz CT molecular complexity index is 889. The van der Waals surface area contributed by atoms with E-state index in [9.17, 15) is 13.2 Å². The van der Waals surface area contributed by atoms with E-state index in [0.717, 1.165) is 37.7 Å². The van der Waals surface area contributed by atoms with Crippen LogP contribution in [-0.2, 0) is 14.8 Å². The molecule has 0 aromatic heterocycles. The summed E-state index contributed by atoms with van der Waals surface area (Å²) in [6.45, 7) is 4.64. The van der Waals surface area contributed by atoms with Gasteiger partial charge in [0.15, 0.2) is 0 Å². The third-order valence-corrected chi connectivity index (χ3v) is 8.62. The highest BCUT2D eigenvalue weighted by atomic mass is 35.5. The van der Waals surface area contributed by atoms with Crippen molar-refractivity contribution in [2.24, 2.45) is 0 Å². The molecule has 1 heterocycles. The SMILES string of the molecule is CCC(=O)N(CC)CC1=C(c2ccccc2Cl)S(=O)(=O)N(C)C12CCCCC2. The minimum absolute atomic E-state index is 0.0337. The molecule has 7 heteroatoms. The number of sulfonamides is 1. The molecule has 1 aliphatic heterocycles. The van der Waals surface area contributed by atoms with Gasteiger partial charge in [-0.1, -0.05) is 56.0 Å². The van der Waals surface area contributed by atoms with E-state index in [-0.39, 0.29) is 5.91 Å². The fraction of sp³-hybridized carbons (Fsp3) is 0.571. The molecule has 154 valence electrons. The normalized spacial score (nSPS) is 21.3. The Balaban J connectivity index is 2.26. The standard InChI is InChI=1S/C21H29ClN2O3S/c1-4-19(25)24(5-2)15-17-20(16-11-7-8-12-18(16)22)28(26,27)23(3)21(17)13-9-6-10-14-21/h7-8,11-12H,4-6,9-10,13-15H2,1-3H3. The Morgan fingerprint density at radius 3 is 2.39 bits per heavy atom. The molecule has 1 aliphatic carbocycles. The van der Waals surface area contributed by atoms with Crippen molar-refractivity contribution in [3.05, 3.63) is 40.4 Å². The molecule has 0 saturated heterocycles. The van der Waals surface area contributed by atoms with Gasteiger partial charge in [-0.15, -0.1) is 0 Å². The number of rotatable bonds is 5. The van der Waals surface area contributed by atoms with E-state index in [1.165, 1.54) is 0 Å². The van der Waals surface area contributed by atoms with Gasteiger partial charge in [0.1, 0.15) is 0 Å². The molecule has 0 N–H and O–H groups in total. The van der Waals surface area contributed by atoms with Gasteiger partial charge in [0, 0.05) is 37.1 Å². The number of hydrogen-bond acceptors (Lipinski definition) is 3. The van der Waals surface area contributed by atoms with Gasteiger partial charge in [0.2, 0.25) is 15.9 Å². The Hall–Kier alpha value is -1.37. The zero-order valence-electron chi connectivity index (χ0n) is 16.9. The second-order valence-electron chi connectivity index (χ2n) is 7.61. The average Bonchev–Trinajstić information content (AvgIpc) is 2.85. The summed E-state index contributed by atoms with van der Waals surface area (Å²) < 4.78 is 28.6. The van der Waals surface area contributed by atoms with Gasteiger partial charge >= 0.3 is 0 Å². The van der Waals surface area contributed by atoms with Crippen LogP contribution in [0.25, 0.3) is 4.91 Å². The second kappa shape index (κ2) is 8.17. The third kappa shape index (κ3) is 3.40. The number of carbonyl (C=O) groups excluding carboxylic acids is 1. The zero-order chi connectivity index (χ0) is 20.5. The number of benzene rings is 1. The molecule has 1 aromatic rings. The number of hydrogen-bond donors (Lipinski definition) is 0. The maximum atomic E-state index is 13.5. The van der Waals surface area contributed by atoms with Crippen LogP contribution in [0.1, 0.15) is 57.9 Å². The molecule has 0 bridgehead atoms. The largest absolute Gasteiger partial charge is 0.339 e. The first-order valence-corrected chi connectivity index (χ1v) is 11.9. The van der Waals surface area contributed by atoms with Gasteiger partial charge in [0.25, 0.3) is 0 Å². The highest BCUT2D eigenvalue weighted by Gasteiger charge is 2.54. The Labute approximate surface area is 173 Å². The molecule has 1 amide bonds. The summed E-state index contributed by atoms with van der Waals surface area (Å²) in [4.78, 5) is 14.5. The lowest BCUT2D eigenvalue weighted by molar-refractivity contribution is -0.130. The summed E-state index contributed by atoms with van der Waals surface area (Å²) in [6, 6.07) is 7.09.